The van der Waals surface area contributed by atoms with Gasteiger partial charge in [-0.25, -0.2) is 0 Å². The zero-order valence-electron chi connectivity index (χ0n) is 20.9. The zero-order chi connectivity index (χ0) is 24.2. The van der Waals surface area contributed by atoms with E-state index < -0.39 is 0 Å². The van der Waals surface area contributed by atoms with Gasteiger partial charge in [-0.05, 0) is 80.1 Å². The summed E-state index contributed by atoms with van der Waals surface area (Å²) < 4.78 is 0. The number of carbonyl (C=O) groups is 1. The van der Waals surface area contributed by atoms with E-state index >= 15 is 0 Å². The minimum atomic E-state index is 0.179. The third kappa shape index (κ3) is 5.87. The Bertz CT molecular complexity index is 1130. The summed E-state index contributed by atoms with van der Waals surface area (Å²) in [4.78, 5) is 18.0. The molecule has 3 aromatic rings. The second-order valence-electron chi connectivity index (χ2n) is 10.3. The number of benzene rings is 2. The van der Waals surface area contributed by atoms with Crippen LogP contribution in [0.4, 0.5) is 0 Å². The van der Waals surface area contributed by atoms with Crippen LogP contribution in [-0.2, 0) is 6.42 Å². The molecule has 1 amide bonds. The smallest absolute Gasteiger partial charge is 0.254 e. The van der Waals surface area contributed by atoms with Gasteiger partial charge in [0.2, 0.25) is 0 Å². The normalized spacial score (nSPS) is 18.4. The first kappa shape index (κ1) is 24.3. The Labute approximate surface area is 213 Å². The summed E-state index contributed by atoms with van der Waals surface area (Å²) in [5.74, 6) is 0.870. The molecule has 3 heterocycles. The van der Waals surface area contributed by atoms with Crippen LogP contribution in [0.25, 0.3) is 10.8 Å². The Morgan fingerprint density at radius 2 is 1.66 bits per heavy atom. The van der Waals surface area contributed by atoms with E-state index in [-0.39, 0.29) is 5.91 Å². The topological polar surface area (TPSA) is 49.3 Å². The molecule has 0 atom stereocenters. The first-order valence-corrected chi connectivity index (χ1v) is 13.9. The number of carbonyl (C=O) groups excluding carboxylic acids is 1. The highest BCUT2D eigenvalue weighted by Gasteiger charge is 2.30. The van der Waals surface area contributed by atoms with Crippen molar-refractivity contribution in [2.75, 3.05) is 26.2 Å². The number of amides is 1. The van der Waals surface area contributed by atoms with Gasteiger partial charge >= 0.3 is 0 Å². The molecule has 0 bridgehead atoms. The van der Waals surface area contributed by atoms with E-state index in [0.29, 0.717) is 17.2 Å². The highest BCUT2D eigenvalue weighted by molar-refractivity contribution is 7.99. The van der Waals surface area contributed by atoms with Gasteiger partial charge in [-0.3, -0.25) is 4.79 Å². The third-order valence-electron chi connectivity index (χ3n) is 7.49. The number of fused-ring (bicyclic) bond motifs is 1. The molecule has 0 saturated carbocycles. The average Bonchev–Trinajstić information content (AvgIpc) is 2.89. The van der Waals surface area contributed by atoms with Crippen molar-refractivity contribution in [3.05, 3.63) is 65.9 Å². The fraction of sp³-hybridized carbons (Fsp3) is 0.483. The molecule has 0 unspecified atom stereocenters. The summed E-state index contributed by atoms with van der Waals surface area (Å²) in [6.45, 7) is 8.37. The monoisotopic (exact) mass is 488 g/mol. The molecule has 0 radical (unpaired) electrons. The lowest BCUT2D eigenvalue weighted by Crippen LogP contribution is -2.49. The van der Waals surface area contributed by atoms with E-state index in [9.17, 15) is 4.79 Å². The Morgan fingerprint density at radius 1 is 0.914 bits per heavy atom. The predicted molar refractivity (Wildman–Crippen MR) is 144 cm³/mol. The van der Waals surface area contributed by atoms with Crippen molar-refractivity contribution in [1.29, 1.82) is 0 Å². The molecule has 5 nitrogen and oxygen atoms in total. The minimum absolute atomic E-state index is 0.179. The molecular weight excluding hydrogens is 452 g/mol. The van der Waals surface area contributed by atoms with Gasteiger partial charge in [0.05, 0.1) is 5.69 Å². The van der Waals surface area contributed by atoms with Crippen LogP contribution < -0.4 is 0 Å². The number of hydrogen-bond acceptors (Lipinski definition) is 5. The van der Waals surface area contributed by atoms with Gasteiger partial charge in [0, 0.05) is 29.9 Å². The molecular formula is C29H36N4OS. The largest absolute Gasteiger partial charge is 0.339 e. The lowest BCUT2D eigenvalue weighted by Gasteiger charge is -2.42. The highest BCUT2D eigenvalue weighted by Crippen LogP contribution is 2.28. The molecule has 1 aromatic heterocycles. The van der Waals surface area contributed by atoms with Gasteiger partial charge in [0.25, 0.3) is 5.91 Å². The van der Waals surface area contributed by atoms with Crippen molar-refractivity contribution in [1.82, 2.24) is 20.0 Å². The number of hydrogen-bond donors (Lipinski definition) is 0. The fourth-order valence-corrected chi connectivity index (χ4v) is 6.31. The lowest BCUT2D eigenvalue weighted by atomic mass is 9.90. The Hall–Kier alpha value is -2.44. The summed E-state index contributed by atoms with van der Waals surface area (Å²) in [6.07, 6.45) is 5.62. The van der Waals surface area contributed by atoms with Crippen molar-refractivity contribution < 1.29 is 4.79 Å². The quantitative estimate of drug-likeness (QED) is 0.417. The number of likely N-dealkylation sites (tertiary alicyclic amines) is 2. The van der Waals surface area contributed by atoms with Crippen molar-refractivity contribution in [3.8, 4) is 0 Å². The highest BCUT2D eigenvalue weighted by atomic mass is 32.2. The Balaban J connectivity index is 1.10. The molecule has 2 aromatic carbocycles. The maximum atomic E-state index is 13.3. The maximum absolute atomic E-state index is 13.3. The van der Waals surface area contributed by atoms with E-state index in [1.165, 1.54) is 12.8 Å². The van der Waals surface area contributed by atoms with Crippen molar-refractivity contribution in [2.45, 2.75) is 62.3 Å². The van der Waals surface area contributed by atoms with Crippen LogP contribution in [0.2, 0.25) is 0 Å². The molecule has 2 aliphatic rings. The molecule has 2 fully saturated rings. The van der Waals surface area contributed by atoms with Gasteiger partial charge in [0.1, 0.15) is 5.03 Å². The van der Waals surface area contributed by atoms with Gasteiger partial charge in [0.15, 0.2) is 0 Å². The first-order chi connectivity index (χ1) is 17.1. The van der Waals surface area contributed by atoms with Crippen LogP contribution in [-0.4, -0.2) is 63.4 Å². The van der Waals surface area contributed by atoms with Crippen molar-refractivity contribution in [2.24, 2.45) is 5.92 Å². The summed E-state index contributed by atoms with van der Waals surface area (Å²) in [7, 11) is 0. The van der Waals surface area contributed by atoms with Gasteiger partial charge in [-0.15, -0.1) is 16.9 Å². The Morgan fingerprint density at radius 3 is 2.37 bits per heavy atom. The van der Waals surface area contributed by atoms with E-state index in [0.717, 1.165) is 72.5 Å². The van der Waals surface area contributed by atoms with E-state index in [4.69, 9.17) is 0 Å². The number of rotatable bonds is 6. The van der Waals surface area contributed by atoms with Crippen LogP contribution in [0.3, 0.4) is 0 Å². The SMILES string of the molecule is CC(C)Sc1ccc(CC2CCN(C3CCN(C(=O)c4cccc5ccccc45)CC3)CC2)nn1. The Kier molecular flexibility index (Phi) is 7.69. The molecule has 2 saturated heterocycles. The molecule has 5 rings (SSSR count). The van der Waals surface area contributed by atoms with Crippen LogP contribution in [0.1, 0.15) is 55.6 Å². The third-order valence-corrected chi connectivity index (χ3v) is 8.42. The number of nitrogens with zero attached hydrogens (tertiary/aromatic N) is 4. The molecule has 0 aliphatic carbocycles. The zero-order valence-corrected chi connectivity index (χ0v) is 21.7. The fourth-order valence-electron chi connectivity index (χ4n) is 5.60. The summed E-state index contributed by atoms with van der Waals surface area (Å²) >= 11 is 1.77. The molecule has 35 heavy (non-hydrogen) atoms. The van der Waals surface area contributed by atoms with Gasteiger partial charge in [-0.1, -0.05) is 50.2 Å². The second kappa shape index (κ2) is 11.1. The van der Waals surface area contributed by atoms with E-state index in [1.54, 1.807) is 11.8 Å². The number of piperidine rings is 2. The van der Waals surface area contributed by atoms with Crippen molar-refractivity contribution in [3.63, 3.8) is 0 Å². The second-order valence-corrected chi connectivity index (χ2v) is 11.9. The van der Waals surface area contributed by atoms with Crippen LogP contribution in [0, 0.1) is 5.92 Å². The summed E-state index contributed by atoms with van der Waals surface area (Å²) in [6, 6.07) is 19.1. The standard InChI is InChI=1S/C29H36N4OS/c1-21(2)35-28-11-10-24(30-31-28)20-22-12-16-32(17-13-22)25-14-18-33(19-15-25)29(34)27-9-5-7-23-6-3-4-8-26(23)27/h3-11,21-22,25H,12-20H2,1-2H3. The molecule has 2 aliphatic heterocycles. The first-order valence-electron chi connectivity index (χ1n) is 13.1. The van der Waals surface area contributed by atoms with E-state index in [1.807, 2.05) is 24.3 Å². The predicted octanol–water partition coefficient (Wildman–Crippen LogP) is 5.69. The lowest BCUT2D eigenvalue weighted by molar-refractivity contribution is 0.0553. The van der Waals surface area contributed by atoms with Gasteiger partial charge < -0.3 is 9.80 Å². The molecule has 6 heteroatoms. The average molecular weight is 489 g/mol. The summed E-state index contributed by atoms with van der Waals surface area (Å²) in [5.41, 5.74) is 1.96. The molecule has 184 valence electrons. The minimum Gasteiger partial charge on any atom is -0.339 e. The number of aromatic nitrogens is 2. The van der Waals surface area contributed by atoms with Crippen molar-refractivity contribution >= 4 is 28.4 Å². The summed E-state index contributed by atoms with van der Waals surface area (Å²) in [5, 5.41) is 12.6. The molecule has 0 spiro atoms. The van der Waals surface area contributed by atoms with Gasteiger partial charge in [-0.2, -0.15) is 5.10 Å². The van der Waals surface area contributed by atoms with E-state index in [2.05, 4.69) is 64.2 Å². The van der Waals surface area contributed by atoms with Crippen LogP contribution in [0.15, 0.2) is 59.6 Å². The van der Waals surface area contributed by atoms with Crippen LogP contribution in [0.5, 0.6) is 0 Å². The maximum Gasteiger partial charge on any atom is 0.254 e. The number of thioether (sulfide) groups is 1. The van der Waals surface area contributed by atoms with Crippen LogP contribution >= 0.6 is 11.8 Å². The molecule has 0 N–H and O–H groups in total.